The van der Waals surface area contributed by atoms with Crippen LogP contribution in [0.3, 0.4) is 0 Å². The Morgan fingerprint density at radius 3 is 2.77 bits per heavy atom. The van der Waals surface area contributed by atoms with Gasteiger partial charge in [-0.3, -0.25) is 14.7 Å². The van der Waals surface area contributed by atoms with E-state index in [4.69, 9.17) is 30.4 Å². The first-order valence-electron chi connectivity index (χ1n) is 14.5. The number of ether oxygens (including phenoxy) is 4. The van der Waals surface area contributed by atoms with E-state index >= 15 is 0 Å². The van der Waals surface area contributed by atoms with E-state index < -0.39 is 23.3 Å². The van der Waals surface area contributed by atoms with Gasteiger partial charge in [-0.2, -0.15) is 13.2 Å². The van der Waals surface area contributed by atoms with Crippen LogP contribution >= 0.6 is 0 Å². The zero-order valence-corrected chi connectivity index (χ0v) is 24.4. The molecule has 44 heavy (non-hydrogen) atoms. The van der Waals surface area contributed by atoms with E-state index in [9.17, 15) is 18.0 Å². The van der Waals surface area contributed by atoms with Crippen molar-refractivity contribution in [3.63, 3.8) is 0 Å². The van der Waals surface area contributed by atoms with Gasteiger partial charge in [0.2, 0.25) is 5.90 Å². The van der Waals surface area contributed by atoms with Gasteiger partial charge in [-0.05, 0) is 42.3 Å². The van der Waals surface area contributed by atoms with E-state index in [1.54, 1.807) is 12.4 Å². The molecule has 12 heteroatoms. The maximum Gasteiger partial charge on any atom is 0.416 e. The fourth-order valence-electron chi connectivity index (χ4n) is 5.69. The van der Waals surface area contributed by atoms with Gasteiger partial charge in [-0.1, -0.05) is 18.1 Å². The monoisotopic (exact) mass is 612 g/mol. The van der Waals surface area contributed by atoms with Gasteiger partial charge < -0.3 is 24.3 Å². The quantitative estimate of drug-likeness (QED) is 0.351. The fraction of sp³-hybridized carbons (Fsp3) is 0.469. The lowest BCUT2D eigenvalue weighted by atomic mass is 9.88. The Bertz CT molecular complexity index is 1420. The second kappa shape index (κ2) is 13.9. The van der Waals surface area contributed by atoms with Crippen molar-refractivity contribution in [2.24, 2.45) is 4.99 Å². The fourth-order valence-corrected chi connectivity index (χ4v) is 5.69. The second-order valence-electron chi connectivity index (χ2n) is 10.9. The summed E-state index contributed by atoms with van der Waals surface area (Å²) in [6, 6.07) is 8.10. The summed E-state index contributed by atoms with van der Waals surface area (Å²) in [5.74, 6) is 2.02. The second-order valence-corrected chi connectivity index (χ2v) is 10.9. The number of pyridine rings is 1. The number of rotatable bonds is 8. The molecule has 0 spiro atoms. The number of alkyl halides is 3. The summed E-state index contributed by atoms with van der Waals surface area (Å²) >= 11 is 0. The third-order valence-corrected chi connectivity index (χ3v) is 7.91. The van der Waals surface area contributed by atoms with Crippen molar-refractivity contribution in [3.05, 3.63) is 71.2 Å². The molecular formula is C32H35F3N4O5. The van der Waals surface area contributed by atoms with Crippen molar-refractivity contribution < 1.29 is 36.9 Å². The topological polar surface area (TPSA) is 94.5 Å². The molecule has 2 saturated heterocycles. The predicted octanol–water partition coefficient (Wildman–Crippen LogP) is 4.31. The number of carbonyl (C=O) groups excluding carboxylic acids is 1. The molecule has 0 saturated carbocycles. The van der Waals surface area contributed by atoms with Crippen LogP contribution < -0.4 is 5.32 Å². The number of aromatic nitrogens is 1. The molecule has 4 heterocycles. The van der Waals surface area contributed by atoms with E-state index in [-0.39, 0.29) is 36.7 Å². The molecule has 0 radical (unpaired) electrons. The summed E-state index contributed by atoms with van der Waals surface area (Å²) in [6.07, 6.45) is 4.84. The molecule has 234 valence electrons. The number of allylic oxidation sites excluding steroid dienone is 1. The van der Waals surface area contributed by atoms with Gasteiger partial charge in [0.1, 0.15) is 12.7 Å². The molecule has 1 unspecified atom stereocenters. The first kappa shape index (κ1) is 31.7. The molecule has 5 rings (SSSR count). The van der Waals surface area contributed by atoms with Gasteiger partial charge in [-0.25, -0.2) is 4.99 Å². The molecule has 0 aliphatic carbocycles. The van der Waals surface area contributed by atoms with Gasteiger partial charge >= 0.3 is 6.18 Å². The normalized spacial score (nSPS) is 24.8. The molecule has 1 amide bonds. The maximum absolute atomic E-state index is 13.9. The van der Waals surface area contributed by atoms with E-state index in [2.05, 4.69) is 16.2 Å². The molecular weight excluding hydrogens is 577 g/mol. The molecule has 1 aromatic heterocycles. The smallest absolute Gasteiger partial charge is 0.416 e. The highest BCUT2D eigenvalue weighted by molar-refractivity contribution is 6.01. The zero-order valence-electron chi connectivity index (χ0n) is 24.4. The van der Waals surface area contributed by atoms with Crippen LogP contribution in [-0.2, 0) is 25.1 Å². The van der Waals surface area contributed by atoms with Crippen LogP contribution in [0, 0.1) is 12.3 Å². The molecule has 2 aromatic rings. The molecule has 1 aromatic carbocycles. The number of nitrogens with one attached hydrogen (secondary N) is 1. The zero-order chi connectivity index (χ0) is 31.2. The molecule has 3 atom stereocenters. The van der Waals surface area contributed by atoms with Crippen molar-refractivity contribution >= 4 is 17.4 Å². The SMILES string of the molecule is C#CCOC[C@H]1C[C@@H](OC2=NC(C)=C(c3cccnc3)CC2(NC(=O)c2cccc(C(F)(F)F)c2)N2CCOCC2)CCO1. The largest absolute Gasteiger partial charge is 0.475 e. The number of benzene rings is 1. The van der Waals surface area contributed by atoms with Gasteiger partial charge in [0.15, 0.2) is 5.66 Å². The Morgan fingerprint density at radius 1 is 1.23 bits per heavy atom. The highest BCUT2D eigenvalue weighted by Gasteiger charge is 2.50. The van der Waals surface area contributed by atoms with Crippen LogP contribution in [0.2, 0.25) is 0 Å². The minimum absolute atomic E-state index is 0.127. The van der Waals surface area contributed by atoms with Gasteiger partial charge in [0.25, 0.3) is 5.91 Å². The number of hydrogen-bond donors (Lipinski definition) is 1. The summed E-state index contributed by atoms with van der Waals surface area (Å²) in [7, 11) is 0. The number of carbonyl (C=O) groups is 1. The minimum atomic E-state index is -4.60. The van der Waals surface area contributed by atoms with Crippen LogP contribution in [0.25, 0.3) is 5.57 Å². The van der Waals surface area contributed by atoms with E-state index in [1.165, 1.54) is 12.1 Å². The van der Waals surface area contributed by atoms with Gasteiger partial charge in [0, 0.05) is 56.0 Å². The summed E-state index contributed by atoms with van der Waals surface area (Å²) in [5, 5.41) is 3.09. The van der Waals surface area contributed by atoms with Crippen LogP contribution in [0.5, 0.6) is 0 Å². The summed E-state index contributed by atoms with van der Waals surface area (Å²) in [4.78, 5) is 25.1. The number of terminal acetylenes is 1. The lowest BCUT2D eigenvalue weighted by Crippen LogP contribution is -2.69. The average molecular weight is 613 g/mol. The van der Waals surface area contributed by atoms with Crippen molar-refractivity contribution in [1.29, 1.82) is 0 Å². The summed E-state index contributed by atoms with van der Waals surface area (Å²) < 4.78 is 64.3. The first-order chi connectivity index (χ1) is 21.2. The highest BCUT2D eigenvalue weighted by atomic mass is 19.4. The molecule has 9 nitrogen and oxygen atoms in total. The number of amides is 1. The van der Waals surface area contributed by atoms with Crippen LogP contribution in [-0.4, -0.2) is 85.7 Å². The summed E-state index contributed by atoms with van der Waals surface area (Å²) in [6.45, 7) is 4.42. The third-order valence-electron chi connectivity index (χ3n) is 7.91. The van der Waals surface area contributed by atoms with Gasteiger partial charge in [0.05, 0.1) is 38.1 Å². The molecule has 0 bridgehead atoms. The Balaban J connectivity index is 1.54. The average Bonchev–Trinajstić information content (AvgIpc) is 3.03. The number of aliphatic imine (C=N–C) groups is 1. The van der Waals surface area contributed by atoms with Crippen molar-refractivity contribution in [2.75, 3.05) is 46.1 Å². The number of hydrogen-bond acceptors (Lipinski definition) is 8. The van der Waals surface area contributed by atoms with Gasteiger partial charge in [-0.15, -0.1) is 6.42 Å². The lowest BCUT2D eigenvalue weighted by molar-refractivity contribution is -0.137. The summed E-state index contributed by atoms with van der Waals surface area (Å²) in [5.41, 5.74) is -0.0344. The molecule has 3 aliphatic rings. The van der Waals surface area contributed by atoms with Crippen LogP contribution in [0.15, 0.2) is 59.5 Å². The minimum Gasteiger partial charge on any atom is -0.475 e. The van der Waals surface area contributed by atoms with Crippen LogP contribution in [0.1, 0.15) is 47.7 Å². The highest BCUT2D eigenvalue weighted by Crippen LogP contribution is 2.38. The van der Waals surface area contributed by atoms with Crippen molar-refractivity contribution in [2.45, 2.75) is 50.2 Å². The molecule has 1 N–H and O–H groups in total. The van der Waals surface area contributed by atoms with E-state index in [0.29, 0.717) is 58.1 Å². The maximum atomic E-state index is 13.9. The van der Waals surface area contributed by atoms with E-state index in [1.807, 2.05) is 24.0 Å². The van der Waals surface area contributed by atoms with Crippen LogP contribution in [0.4, 0.5) is 13.2 Å². The van der Waals surface area contributed by atoms with Crippen molar-refractivity contribution in [3.8, 4) is 12.3 Å². The first-order valence-corrected chi connectivity index (χ1v) is 14.5. The Kier molecular flexibility index (Phi) is 10.0. The third kappa shape index (κ3) is 7.30. The molecule has 2 fully saturated rings. The van der Waals surface area contributed by atoms with Crippen molar-refractivity contribution in [1.82, 2.24) is 15.2 Å². The Morgan fingerprint density at radius 2 is 2.05 bits per heavy atom. The Hall–Kier alpha value is -3.76. The molecule has 3 aliphatic heterocycles. The number of halogens is 3. The standard InChI is InChI=1S/C32H35F3N4O5/c1-3-13-42-21-27-18-26(9-14-43-27)44-30-31(39-11-15-41-16-12-39,19-28(22(2)37-30)24-7-5-10-36-20-24)38-29(40)23-6-4-8-25(17-23)32(33,34)35/h1,4-8,10,17,20,26-27H,9,11-16,18-19,21H2,2H3,(H,38,40)/t26-,27+,31?/m0/s1. The predicted molar refractivity (Wildman–Crippen MR) is 156 cm³/mol. The lowest BCUT2D eigenvalue weighted by Gasteiger charge is -2.48. The number of nitrogens with zero attached hydrogens (tertiary/aromatic N) is 3. The number of morpholine rings is 1. The Labute approximate surface area is 254 Å². The van der Waals surface area contributed by atoms with E-state index in [0.717, 1.165) is 23.3 Å².